The Labute approximate surface area is 144 Å². The summed E-state index contributed by atoms with van der Waals surface area (Å²) < 4.78 is 5.48. The summed E-state index contributed by atoms with van der Waals surface area (Å²) in [6, 6.07) is 19.9. The molecule has 4 heteroatoms. The van der Waals surface area contributed by atoms with Crippen LogP contribution in [0, 0.1) is 22.7 Å². The molecule has 0 unspecified atom stereocenters. The smallest absolute Gasteiger partial charge is 0.199 e. The minimum atomic E-state index is -0.166. The summed E-state index contributed by atoms with van der Waals surface area (Å²) in [5.74, 6) is 0. The van der Waals surface area contributed by atoms with Crippen LogP contribution in [0.4, 0.5) is 0 Å². The molecule has 0 spiro atoms. The lowest BCUT2D eigenvalue weighted by atomic mass is 10.00. The summed E-state index contributed by atoms with van der Waals surface area (Å²) in [7, 11) is 0. The van der Waals surface area contributed by atoms with E-state index in [0.29, 0.717) is 22.1 Å². The number of rotatable bonds is 3. The Balaban J connectivity index is 2.12. The fourth-order valence-corrected chi connectivity index (χ4v) is 2.47. The van der Waals surface area contributed by atoms with E-state index in [9.17, 15) is 15.3 Å². The standard InChI is InChI=1S/C21H12N2O2/c22-12-17(13-23)18(15-6-2-1-3-7-15)11-10-16-14-25-20-9-5-4-8-19(20)21(16)24/h1-11,14H/b11-10+. The zero-order valence-corrected chi connectivity index (χ0v) is 13.1. The van der Waals surface area contributed by atoms with Crippen molar-refractivity contribution in [2.45, 2.75) is 0 Å². The maximum absolute atomic E-state index is 12.5. The highest BCUT2D eigenvalue weighted by atomic mass is 16.3. The van der Waals surface area contributed by atoms with Gasteiger partial charge in [-0.05, 0) is 23.8 Å². The molecule has 0 saturated heterocycles. The van der Waals surface area contributed by atoms with E-state index in [1.807, 2.05) is 30.3 Å². The highest BCUT2D eigenvalue weighted by molar-refractivity contribution is 5.86. The molecule has 2 aromatic carbocycles. The molecule has 3 aromatic rings. The Morgan fingerprint density at radius 1 is 0.960 bits per heavy atom. The van der Waals surface area contributed by atoms with E-state index in [1.165, 1.54) is 6.26 Å². The quantitative estimate of drug-likeness (QED) is 0.531. The maximum atomic E-state index is 12.5. The van der Waals surface area contributed by atoms with Crippen LogP contribution < -0.4 is 5.43 Å². The van der Waals surface area contributed by atoms with Gasteiger partial charge in [0, 0.05) is 5.57 Å². The molecule has 4 nitrogen and oxygen atoms in total. The second kappa shape index (κ2) is 7.12. The Morgan fingerprint density at radius 3 is 2.36 bits per heavy atom. The lowest BCUT2D eigenvalue weighted by molar-refractivity contribution is 0.601. The van der Waals surface area contributed by atoms with E-state index in [0.717, 1.165) is 5.56 Å². The zero-order chi connectivity index (χ0) is 17.6. The highest BCUT2D eigenvalue weighted by Gasteiger charge is 2.08. The van der Waals surface area contributed by atoms with E-state index < -0.39 is 0 Å². The molecule has 0 aliphatic carbocycles. The number of benzene rings is 2. The highest BCUT2D eigenvalue weighted by Crippen LogP contribution is 2.21. The van der Waals surface area contributed by atoms with Crippen molar-refractivity contribution in [1.29, 1.82) is 10.5 Å². The van der Waals surface area contributed by atoms with Gasteiger partial charge in [0.2, 0.25) is 0 Å². The molecule has 0 saturated carbocycles. The molecule has 1 aromatic heterocycles. The summed E-state index contributed by atoms with van der Waals surface area (Å²) in [6.45, 7) is 0. The van der Waals surface area contributed by atoms with Gasteiger partial charge in [-0.2, -0.15) is 10.5 Å². The van der Waals surface area contributed by atoms with Gasteiger partial charge in [-0.25, -0.2) is 0 Å². The largest absolute Gasteiger partial charge is 0.463 e. The molecular formula is C21H12N2O2. The van der Waals surface area contributed by atoms with Crippen LogP contribution >= 0.6 is 0 Å². The number of allylic oxidation sites excluding steroid dienone is 3. The number of hydrogen-bond donors (Lipinski definition) is 0. The maximum Gasteiger partial charge on any atom is 0.199 e. The van der Waals surface area contributed by atoms with Crippen LogP contribution in [0.2, 0.25) is 0 Å². The molecule has 0 N–H and O–H groups in total. The summed E-state index contributed by atoms with van der Waals surface area (Å²) in [4.78, 5) is 12.5. The van der Waals surface area contributed by atoms with Crippen molar-refractivity contribution in [2.75, 3.05) is 0 Å². The van der Waals surface area contributed by atoms with Crippen LogP contribution in [0.3, 0.4) is 0 Å². The van der Waals surface area contributed by atoms with Crippen molar-refractivity contribution in [1.82, 2.24) is 0 Å². The predicted octanol–water partition coefficient (Wildman–Crippen LogP) is 4.31. The average Bonchev–Trinajstić information content (AvgIpc) is 2.67. The minimum Gasteiger partial charge on any atom is -0.463 e. The van der Waals surface area contributed by atoms with E-state index in [4.69, 9.17) is 4.42 Å². The average molecular weight is 324 g/mol. The lowest BCUT2D eigenvalue weighted by Gasteiger charge is -2.03. The molecule has 1 heterocycles. The van der Waals surface area contributed by atoms with Crippen LogP contribution in [-0.4, -0.2) is 0 Å². The van der Waals surface area contributed by atoms with Crippen LogP contribution in [0.25, 0.3) is 22.6 Å². The van der Waals surface area contributed by atoms with Crippen LogP contribution in [0.15, 0.2) is 81.7 Å². The first-order chi connectivity index (χ1) is 12.2. The van der Waals surface area contributed by atoms with E-state index in [1.54, 1.807) is 48.6 Å². The summed E-state index contributed by atoms with van der Waals surface area (Å²) in [5.41, 5.74) is 1.86. The van der Waals surface area contributed by atoms with Crippen LogP contribution in [0.5, 0.6) is 0 Å². The lowest BCUT2D eigenvalue weighted by Crippen LogP contribution is -2.04. The van der Waals surface area contributed by atoms with Gasteiger partial charge in [-0.15, -0.1) is 0 Å². The molecule has 118 valence electrons. The molecule has 0 amide bonds. The van der Waals surface area contributed by atoms with E-state index in [2.05, 4.69) is 0 Å². The SMILES string of the molecule is N#CC(C#N)=C(/C=C/c1coc2ccccc2c1=O)c1ccccc1. The molecule has 0 atom stereocenters. The third-order valence-corrected chi connectivity index (χ3v) is 3.71. The van der Waals surface area contributed by atoms with Crippen molar-refractivity contribution in [2.24, 2.45) is 0 Å². The normalized spacial score (nSPS) is 10.3. The van der Waals surface area contributed by atoms with Crippen molar-refractivity contribution >= 4 is 22.6 Å². The third-order valence-electron chi connectivity index (χ3n) is 3.71. The Bertz CT molecular complexity index is 1110. The molecule has 0 aliphatic rings. The van der Waals surface area contributed by atoms with Gasteiger partial charge in [0.25, 0.3) is 0 Å². The number of hydrogen-bond acceptors (Lipinski definition) is 4. The van der Waals surface area contributed by atoms with Gasteiger partial charge in [-0.3, -0.25) is 4.79 Å². The molecule has 0 radical (unpaired) electrons. The van der Waals surface area contributed by atoms with Gasteiger partial charge < -0.3 is 4.42 Å². The van der Waals surface area contributed by atoms with Crippen LogP contribution in [0.1, 0.15) is 11.1 Å². The summed E-state index contributed by atoms with van der Waals surface area (Å²) in [5, 5.41) is 18.9. The van der Waals surface area contributed by atoms with Gasteiger partial charge in [0.15, 0.2) is 5.43 Å². The molecular weight excluding hydrogens is 312 g/mol. The van der Waals surface area contributed by atoms with Crippen molar-refractivity contribution < 1.29 is 4.42 Å². The fourth-order valence-electron chi connectivity index (χ4n) is 2.47. The first-order valence-corrected chi connectivity index (χ1v) is 7.53. The monoisotopic (exact) mass is 324 g/mol. The number of nitriles is 2. The molecule has 0 fully saturated rings. The molecule has 0 aliphatic heterocycles. The first kappa shape index (κ1) is 16.0. The third kappa shape index (κ3) is 3.24. The fraction of sp³-hybridized carbons (Fsp3) is 0. The van der Waals surface area contributed by atoms with Gasteiger partial charge in [-0.1, -0.05) is 48.5 Å². The number of nitrogens with zero attached hydrogens (tertiary/aromatic N) is 2. The Morgan fingerprint density at radius 2 is 1.64 bits per heavy atom. The van der Waals surface area contributed by atoms with Gasteiger partial charge >= 0.3 is 0 Å². The molecule has 3 rings (SSSR count). The van der Waals surface area contributed by atoms with Crippen LogP contribution in [-0.2, 0) is 0 Å². The second-order valence-electron chi connectivity index (χ2n) is 5.23. The van der Waals surface area contributed by atoms with E-state index >= 15 is 0 Å². The van der Waals surface area contributed by atoms with Crippen molar-refractivity contribution in [3.05, 3.63) is 93.9 Å². The summed E-state index contributed by atoms with van der Waals surface area (Å²) >= 11 is 0. The number of para-hydroxylation sites is 1. The summed E-state index contributed by atoms with van der Waals surface area (Å²) in [6.07, 6.45) is 4.54. The molecule has 0 bridgehead atoms. The Hall–Kier alpha value is -3.89. The first-order valence-electron chi connectivity index (χ1n) is 7.53. The Kier molecular flexibility index (Phi) is 4.55. The molecule has 25 heavy (non-hydrogen) atoms. The minimum absolute atomic E-state index is 0.0207. The zero-order valence-electron chi connectivity index (χ0n) is 13.1. The van der Waals surface area contributed by atoms with E-state index in [-0.39, 0.29) is 11.0 Å². The van der Waals surface area contributed by atoms with Gasteiger partial charge in [0.1, 0.15) is 29.6 Å². The predicted molar refractivity (Wildman–Crippen MR) is 96.1 cm³/mol. The number of fused-ring (bicyclic) bond motifs is 1. The second-order valence-corrected chi connectivity index (χ2v) is 5.23. The van der Waals surface area contributed by atoms with Crippen molar-refractivity contribution in [3.8, 4) is 12.1 Å². The van der Waals surface area contributed by atoms with Gasteiger partial charge in [0.05, 0.1) is 10.9 Å². The topological polar surface area (TPSA) is 77.8 Å². The van der Waals surface area contributed by atoms with Crippen molar-refractivity contribution in [3.63, 3.8) is 0 Å².